The van der Waals surface area contributed by atoms with Gasteiger partial charge in [-0.05, 0) is 140 Å². The van der Waals surface area contributed by atoms with Gasteiger partial charge in [-0.25, -0.2) is 0 Å². The quantitative estimate of drug-likeness (QED) is 0.100. The van der Waals surface area contributed by atoms with E-state index < -0.39 is 0 Å². The lowest BCUT2D eigenvalue weighted by atomic mass is 9.87. The van der Waals surface area contributed by atoms with E-state index in [0.717, 1.165) is 79.2 Å². The second kappa shape index (κ2) is 19.6. The molecule has 10 heterocycles. The summed E-state index contributed by atoms with van der Waals surface area (Å²) in [6.45, 7) is 26.8. The highest BCUT2D eigenvalue weighted by atomic mass is 16.7. The molecule has 1 aromatic carbocycles. The van der Waals surface area contributed by atoms with Gasteiger partial charge in [0.05, 0.1) is 53.9 Å². The van der Waals surface area contributed by atoms with Crippen molar-refractivity contribution < 1.29 is 42.0 Å². The Labute approximate surface area is 443 Å². The fourth-order valence-corrected chi connectivity index (χ4v) is 12.5. The molecule has 6 aromatic heterocycles. The molecular formula is C62H69N5O9. The molecule has 5 aliphatic rings. The topological polar surface area (TPSA) is 123 Å². The maximum atomic E-state index is 6.96. The Balaban J connectivity index is 1.03. The van der Waals surface area contributed by atoms with Gasteiger partial charge in [0.2, 0.25) is 0 Å². The summed E-state index contributed by atoms with van der Waals surface area (Å²) >= 11 is 0. The number of rotatable bonds is 16. The number of benzene rings is 1. The summed E-state index contributed by atoms with van der Waals surface area (Å²) in [5.74, 6) is 4.88. The lowest BCUT2D eigenvalue weighted by molar-refractivity contribution is -0.132. The van der Waals surface area contributed by atoms with Crippen molar-refractivity contribution in [1.82, 2.24) is 23.6 Å². The predicted molar refractivity (Wildman–Crippen MR) is 293 cm³/mol. The minimum Gasteiger partial charge on any atom is -0.466 e. The third kappa shape index (κ3) is 8.14. The van der Waals surface area contributed by atoms with Crippen molar-refractivity contribution in [2.75, 3.05) is 26.4 Å². The number of aryl methyl sites for hydroxylation is 2. The zero-order valence-corrected chi connectivity index (χ0v) is 45.6. The highest BCUT2D eigenvalue weighted by Crippen LogP contribution is 2.48. The van der Waals surface area contributed by atoms with Gasteiger partial charge < -0.3 is 65.6 Å². The molecule has 5 unspecified atom stereocenters. The molecule has 396 valence electrons. The predicted octanol–water partition coefficient (Wildman–Crippen LogP) is 12.5. The van der Waals surface area contributed by atoms with Gasteiger partial charge in [-0.2, -0.15) is 0 Å². The fourth-order valence-electron chi connectivity index (χ4n) is 12.5. The van der Waals surface area contributed by atoms with E-state index in [1.165, 1.54) is 38.7 Å². The number of aromatic nitrogens is 4. The zero-order chi connectivity index (χ0) is 52.7. The second-order valence-electron chi connectivity index (χ2n) is 20.7. The molecule has 1 fully saturated rings. The van der Waals surface area contributed by atoms with Gasteiger partial charge in [0.25, 0.3) is 17.8 Å². The second-order valence-corrected chi connectivity index (χ2v) is 20.7. The van der Waals surface area contributed by atoms with Crippen molar-refractivity contribution >= 4 is 28.6 Å². The Morgan fingerprint density at radius 3 is 2.22 bits per heavy atom. The molecular weight excluding hydrogens is 959 g/mol. The van der Waals surface area contributed by atoms with Crippen LogP contribution < -0.4 is 30.2 Å². The van der Waals surface area contributed by atoms with E-state index in [0.29, 0.717) is 69.7 Å². The largest absolute Gasteiger partial charge is 0.466 e. The van der Waals surface area contributed by atoms with Crippen LogP contribution >= 0.6 is 0 Å². The number of allylic oxidation sites excluding steroid dienone is 4. The molecule has 12 rings (SSSR count). The normalized spacial score (nSPS) is 20.7. The lowest BCUT2D eigenvalue weighted by Gasteiger charge is -2.28. The molecule has 0 bridgehead atoms. The summed E-state index contributed by atoms with van der Waals surface area (Å²) in [7, 11) is 0. The Morgan fingerprint density at radius 1 is 0.763 bits per heavy atom. The average Bonchev–Trinajstić information content (AvgIpc) is 4.28. The van der Waals surface area contributed by atoms with Gasteiger partial charge in [-0.1, -0.05) is 13.0 Å². The van der Waals surface area contributed by atoms with Gasteiger partial charge in [0, 0.05) is 113 Å². The van der Waals surface area contributed by atoms with Crippen LogP contribution in [0.5, 0.6) is 17.6 Å². The van der Waals surface area contributed by atoms with Crippen LogP contribution in [0.15, 0.2) is 105 Å². The zero-order valence-electron chi connectivity index (χ0n) is 45.6. The molecule has 0 spiro atoms. The van der Waals surface area contributed by atoms with E-state index in [-0.39, 0.29) is 30.5 Å². The smallest absolute Gasteiger partial charge is 0.284 e. The van der Waals surface area contributed by atoms with Crippen LogP contribution in [0.2, 0.25) is 0 Å². The molecule has 7 aromatic rings. The van der Waals surface area contributed by atoms with Crippen molar-refractivity contribution in [2.24, 2.45) is 5.92 Å². The molecule has 1 aliphatic carbocycles. The van der Waals surface area contributed by atoms with Crippen LogP contribution in [-0.4, -0.2) is 51.0 Å². The van der Waals surface area contributed by atoms with Crippen LogP contribution in [0.3, 0.4) is 0 Å². The molecule has 76 heavy (non-hydrogen) atoms. The number of ether oxygens (including phenoxy) is 7. The summed E-state index contributed by atoms with van der Waals surface area (Å²) in [5.41, 5.74) is 15.8. The van der Waals surface area contributed by atoms with Crippen molar-refractivity contribution in [3.8, 4) is 46.0 Å². The number of fused-ring (bicyclic) bond motifs is 6. The van der Waals surface area contributed by atoms with E-state index in [2.05, 4.69) is 120 Å². The third-order valence-corrected chi connectivity index (χ3v) is 16.0. The van der Waals surface area contributed by atoms with E-state index >= 15 is 0 Å². The Morgan fingerprint density at radius 2 is 1.50 bits per heavy atom. The molecule has 1 N–H and O–H groups in total. The molecule has 14 nitrogen and oxygen atoms in total. The first-order valence-corrected chi connectivity index (χ1v) is 27.1. The first-order chi connectivity index (χ1) is 36.9. The third-order valence-electron chi connectivity index (χ3n) is 16.0. The first-order valence-electron chi connectivity index (χ1n) is 27.1. The average molecular weight is 1030 g/mol. The van der Waals surface area contributed by atoms with Crippen molar-refractivity contribution in [1.29, 1.82) is 0 Å². The highest BCUT2D eigenvalue weighted by molar-refractivity contribution is 5.98. The van der Waals surface area contributed by atoms with Gasteiger partial charge in [-0.15, -0.1) is 0 Å². The standard InChI is InChI=1S/C62H69N5O9/c1-12-68-51-21-18-48(73-51)42-29-65(30-43(42)49-19-22-52(74-49)69-13-2)59-39(10)38(9)40(11)60-56(59)62-47(17-16-37(8)72-62)67(60)33-66-46-24-25-63-28-41(46)55-57(34(5)26-35(6)58(55)66)64-31-44(50-20-23-53(75-50)70-14-3)45(32-64)61-36(7)27-54(76-61)71-15-4/h16-18,20-26,29-32,36,49,54,59,61,63H,12-15,19,27-28,33H2,1-11H3. The number of furan rings is 2. The molecule has 0 radical (unpaired) electrons. The highest BCUT2D eigenvalue weighted by Gasteiger charge is 2.39. The summed E-state index contributed by atoms with van der Waals surface area (Å²) in [6, 6.07) is 9.89. The molecule has 5 atom stereocenters. The molecule has 4 aliphatic heterocycles. The summed E-state index contributed by atoms with van der Waals surface area (Å²) in [4.78, 5) is 0. The molecule has 0 amide bonds. The monoisotopic (exact) mass is 1030 g/mol. The van der Waals surface area contributed by atoms with Gasteiger partial charge in [-0.3, -0.25) is 0 Å². The fraction of sp³-hybridized carbons (Fsp3) is 0.387. The SMILES string of the molecule is CCOC1=CCC(c2cn(C3C(C)=C(C)C(C)=c4c3c3c(n4Cn4c5c(c6c(-n7cc(-c8ccc(OCC)o8)c(C8OC(OCC)CC8C)c7)c(C)cc(C)c64)CNC=C5)=CC=C(C)O3)cc2-c2ccc(OCC)o2)O1. The Bertz CT molecular complexity index is 3690. The summed E-state index contributed by atoms with van der Waals surface area (Å²) < 4.78 is 66.1. The number of nitrogens with zero attached hydrogens (tertiary/aromatic N) is 4. The van der Waals surface area contributed by atoms with Crippen LogP contribution in [-0.2, 0) is 32.2 Å². The molecule has 0 saturated carbocycles. The van der Waals surface area contributed by atoms with Crippen LogP contribution in [0.4, 0.5) is 0 Å². The lowest BCUT2D eigenvalue weighted by Crippen LogP contribution is -2.35. The number of hydrogen-bond donors (Lipinski definition) is 1. The maximum absolute atomic E-state index is 6.96. The molecule has 14 heteroatoms. The first kappa shape index (κ1) is 49.5. The van der Waals surface area contributed by atoms with Gasteiger partial charge in [0.1, 0.15) is 30.1 Å². The van der Waals surface area contributed by atoms with Gasteiger partial charge >= 0.3 is 0 Å². The van der Waals surface area contributed by atoms with E-state index in [1.807, 2.05) is 65.0 Å². The maximum Gasteiger partial charge on any atom is 0.284 e. The number of nitrogens with one attached hydrogen (secondary N) is 1. The van der Waals surface area contributed by atoms with E-state index in [4.69, 9.17) is 42.0 Å². The number of hydrogen-bond acceptors (Lipinski definition) is 10. The van der Waals surface area contributed by atoms with Crippen LogP contribution in [0.1, 0.15) is 132 Å². The Hall–Kier alpha value is -7.42. The van der Waals surface area contributed by atoms with Crippen molar-refractivity contribution in [2.45, 2.75) is 127 Å². The minimum atomic E-state index is -0.275. The van der Waals surface area contributed by atoms with Gasteiger partial charge in [0.15, 0.2) is 12.0 Å². The van der Waals surface area contributed by atoms with Crippen molar-refractivity contribution in [3.05, 3.63) is 146 Å². The Kier molecular flexibility index (Phi) is 12.8. The van der Waals surface area contributed by atoms with E-state index in [1.54, 1.807) is 0 Å². The van der Waals surface area contributed by atoms with Crippen LogP contribution in [0.25, 0.3) is 57.0 Å². The summed E-state index contributed by atoms with van der Waals surface area (Å²) in [5, 5.41) is 6.96. The van der Waals surface area contributed by atoms with Crippen LogP contribution in [0, 0.1) is 19.8 Å². The molecule has 1 saturated heterocycles. The van der Waals surface area contributed by atoms with E-state index in [9.17, 15) is 0 Å². The van der Waals surface area contributed by atoms with Crippen molar-refractivity contribution in [3.63, 3.8) is 0 Å². The minimum absolute atomic E-state index is 0.200. The summed E-state index contributed by atoms with van der Waals surface area (Å²) in [6.07, 6.45) is 20.3.